The van der Waals surface area contributed by atoms with Gasteiger partial charge >= 0.3 is 5.97 Å². The maximum Gasteiger partial charge on any atom is 0.326 e. The van der Waals surface area contributed by atoms with E-state index in [-0.39, 0.29) is 18.1 Å². The van der Waals surface area contributed by atoms with Crippen LogP contribution in [0.1, 0.15) is 47.5 Å². The number of hydrogen-bond acceptors (Lipinski definition) is 7. The van der Waals surface area contributed by atoms with Gasteiger partial charge in [0.25, 0.3) is 0 Å². The first-order valence-electron chi connectivity index (χ1n) is 13.5. The van der Waals surface area contributed by atoms with Gasteiger partial charge < -0.3 is 24.9 Å². The van der Waals surface area contributed by atoms with E-state index in [0.29, 0.717) is 42.6 Å². The standard InChI is InChI=1S/C31H33N3O5/c35-30(22-7-1-2-8-22)24-9-3-4-10-25(24)33-27(31(36)37)19-21-13-15-23(16-14-21)38-18-17-32-20-29-34-26-11-5-6-12-28(26)39-29/h3-6,9-16,22,27,32-33H,1-2,7-8,17-20H2,(H,36,37). The number of carbonyl (C=O) groups excluding carboxylic acids is 1. The van der Waals surface area contributed by atoms with Crippen LogP contribution in [0, 0.1) is 5.92 Å². The Bertz CT molecular complexity index is 1380. The highest BCUT2D eigenvalue weighted by Crippen LogP contribution is 2.31. The number of benzene rings is 3. The predicted octanol–water partition coefficient (Wildman–Crippen LogP) is 5.48. The van der Waals surface area contributed by atoms with Crippen molar-refractivity contribution in [2.24, 2.45) is 5.92 Å². The van der Waals surface area contributed by atoms with Crippen LogP contribution in [0.5, 0.6) is 5.75 Å². The van der Waals surface area contributed by atoms with Gasteiger partial charge in [0.05, 0.1) is 6.54 Å². The van der Waals surface area contributed by atoms with Crippen LogP contribution in [-0.2, 0) is 17.8 Å². The molecule has 0 amide bonds. The Labute approximate surface area is 227 Å². The fourth-order valence-corrected chi connectivity index (χ4v) is 5.01. The molecule has 1 aliphatic rings. The van der Waals surface area contributed by atoms with E-state index in [4.69, 9.17) is 9.15 Å². The highest BCUT2D eigenvalue weighted by atomic mass is 16.5. The van der Waals surface area contributed by atoms with Crippen LogP contribution in [0.25, 0.3) is 11.1 Å². The Kier molecular flexibility index (Phi) is 8.53. The third kappa shape index (κ3) is 6.83. The Balaban J connectivity index is 1.11. The minimum Gasteiger partial charge on any atom is -0.492 e. The SMILES string of the molecule is O=C(c1ccccc1NC(Cc1ccc(OCCNCc2nc3ccccc3o2)cc1)C(=O)O)C1CCCC1. The summed E-state index contributed by atoms with van der Waals surface area (Å²) in [6.07, 6.45) is 4.21. The minimum absolute atomic E-state index is 0.0286. The van der Waals surface area contributed by atoms with Gasteiger partial charge in [-0.05, 0) is 54.8 Å². The smallest absolute Gasteiger partial charge is 0.326 e. The van der Waals surface area contributed by atoms with E-state index in [1.807, 2.05) is 60.7 Å². The Morgan fingerprint density at radius 3 is 2.51 bits per heavy atom. The van der Waals surface area contributed by atoms with E-state index in [0.717, 1.165) is 42.3 Å². The maximum atomic E-state index is 13.0. The van der Waals surface area contributed by atoms with E-state index in [1.165, 1.54) is 0 Å². The summed E-state index contributed by atoms with van der Waals surface area (Å²) in [6, 6.07) is 21.4. The molecule has 1 aromatic heterocycles. The van der Waals surface area contributed by atoms with Gasteiger partial charge in [-0.15, -0.1) is 0 Å². The van der Waals surface area contributed by atoms with E-state index < -0.39 is 12.0 Å². The van der Waals surface area contributed by atoms with Gasteiger partial charge in [-0.1, -0.05) is 49.2 Å². The molecule has 0 radical (unpaired) electrons. The highest BCUT2D eigenvalue weighted by Gasteiger charge is 2.27. The number of nitrogens with one attached hydrogen (secondary N) is 2. The lowest BCUT2D eigenvalue weighted by Gasteiger charge is -2.19. The number of nitrogens with zero attached hydrogens (tertiary/aromatic N) is 1. The number of anilines is 1. The van der Waals surface area contributed by atoms with Crippen molar-refractivity contribution >= 4 is 28.5 Å². The molecule has 3 aromatic carbocycles. The average Bonchev–Trinajstić information content (AvgIpc) is 3.63. The van der Waals surface area contributed by atoms with Crippen molar-refractivity contribution in [2.75, 3.05) is 18.5 Å². The number of oxazole rings is 1. The lowest BCUT2D eigenvalue weighted by atomic mass is 9.94. The predicted molar refractivity (Wildman–Crippen MR) is 149 cm³/mol. The zero-order chi connectivity index (χ0) is 27.0. The van der Waals surface area contributed by atoms with Crippen LogP contribution in [0.2, 0.25) is 0 Å². The van der Waals surface area contributed by atoms with Gasteiger partial charge in [0, 0.05) is 30.1 Å². The van der Waals surface area contributed by atoms with Gasteiger partial charge in [-0.25, -0.2) is 9.78 Å². The molecule has 8 nitrogen and oxygen atoms in total. The van der Waals surface area contributed by atoms with Crippen molar-refractivity contribution in [3.8, 4) is 5.75 Å². The van der Waals surface area contributed by atoms with Crippen LogP contribution in [0.15, 0.2) is 77.2 Å². The van der Waals surface area contributed by atoms with Crippen molar-refractivity contribution in [2.45, 2.75) is 44.7 Å². The lowest BCUT2D eigenvalue weighted by molar-refractivity contribution is -0.137. The number of ether oxygens (including phenoxy) is 1. The van der Waals surface area contributed by atoms with Crippen molar-refractivity contribution in [1.82, 2.24) is 10.3 Å². The summed E-state index contributed by atoms with van der Waals surface area (Å²) in [5.74, 6) is 0.497. The number of carbonyl (C=O) groups is 2. The molecule has 5 rings (SSSR count). The van der Waals surface area contributed by atoms with Crippen molar-refractivity contribution < 1.29 is 23.8 Å². The summed E-state index contributed by atoms with van der Waals surface area (Å²) >= 11 is 0. The lowest BCUT2D eigenvalue weighted by Crippen LogP contribution is -2.32. The average molecular weight is 528 g/mol. The first-order valence-corrected chi connectivity index (χ1v) is 13.5. The summed E-state index contributed by atoms with van der Waals surface area (Å²) in [4.78, 5) is 29.6. The van der Waals surface area contributed by atoms with Gasteiger partial charge in [-0.3, -0.25) is 4.79 Å². The van der Waals surface area contributed by atoms with Crippen LogP contribution in [0.4, 0.5) is 5.69 Å². The zero-order valence-electron chi connectivity index (χ0n) is 21.8. The molecule has 0 bridgehead atoms. The Hall–Kier alpha value is -4.17. The first-order chi connectivity index (χ1) is 19.1. The van der Waals surface area contributed by atoms with Crippen LogP contribution >= 0.6 is 0 Å². The molecule has 1 fully saturated rings. The van der Waals surface area contributed by atoms with Gasteiger partial charge in [0.1, 0.15) is 23.9 Å². The van der Waals surface area contributed by atoms with Crippen molar-refractivity contribution in [3.05, 3.63) is 89.8 Å². The van der Waals surface area contributed by atoms with Crippen LogP contribution < -0.4 is 15.4 Å². The molecule has 39 heavy (non-hydrogen) atoms. The Morgan fingerprint density at radius 2 is 1.74 bits per heavy atom. The summed E-state index contributed by atoms with van der Waals surface area (Å²) in [5.41, 5.74) is 3.62. The minimum atomic E-state index is -0.969. The molecule has 4 aromatic rings. The molecular formula is C31H33N3O5. The molecule has 1 saturated carbocycles. The molecule has 0 spiro atoms. The highest BCUT2D eigenvalue weighted by molar-refractivity contribution is 6.03. The molecule has 1 unspecified atom stereocenters. The second kappa shape index (κ2) is 12.6. The summed E-state index contributed by atoms with van der Waals surface area (Å²) in [6.45, 7) is 1.59. The van der Waals surface area contributed by atoms with E-state index in [1.54, 1.807) is 12.1 Å². The molecule has 0 aliphatic heterocycles. The number of fused-ring (bicyclic) bond motifs is 1. The number of carboxylic acids is 1. The summed E-state index contributed by atoms with van der Waals surface area (Å²) in [7, 11) is 0. The zero-order valence-corrected chi connectivity index (χ0v) is 21.8. The quantitative estimate of drug-likeness (QED) is 0.155. The molecule has 1 aliphatic carbocycles. The second-order valence-electron chi connectivity index (χ2n) is 9.88. The molecule has 8 heteroatoms. The number of aliphatic carboxylic acids is 1. The number of aromatic nitrogens is 1. The third-order valence-corrected chi connectivity index (χ3v) is 7.07. The topological polar surface area (TPSA) is 114 Å². The third-order valence-electron chi connectivity index (χ3n) is 7.07. The number of ketones is 1. The first kappa shape index (κ1) is 26.4. The fraction of sp³-hybridized carbons (Fsp3) is 0.323. The number of Topliss-reactive ketones (excluding diaryl/α,β-unsaturated/α-hetero) is 1. The number of carboxylic acid groups (broad SMARTS) is 1. The molecule has 202 valence electrons. The van der Waals surface area contributed by atoms with Crippen molar-refractivity contribution in [1.29, 1.82) is 0 Å². The fourth-order valence-electron chi connectivity index (χ4n) is 5.01. The van der Waals surface area contributed by atoms with Crippen molar-refractivity contribution in [3.63, 3.8) is 0 Å². The monoisotopic (exact) mass is 527 g/mol. The van der Waals surface area contributed by atoms with E-state index in [9.17, 15) is 14.7 Å². The van der Waals surface area contributed by atoms with Gasteiger partial charge in [-0.2, -0.15) is 0 Å². The molecule has 3 N–H and O–H groups in total. The van der Waals surface area contributed by atoms with Gasteiger partial charge in [0.15, 0.2) is 11.4 Å². The second-order valence-corrected chi connectivity index (χ2v) is 9.88. The Morgan fingerprint density at radius 1 is 1.00 bits per heavy atom. The number of para-hydroxylation sites is 3. The maximum absolute atomic E-state index is 13.0. The molecule has 0 saturated heterocycles. The van der Waals surface area contributed by atoms with Crippen LogP contribution in [-0.4, -0.2) is 41.0 Å². The van der Waals surface area contributed by atoms with E-state index in [2.05, 4.69) is 15.6 Å². The molecule has 1 heterocycles. The molecular weight excluding hydrogens is 494 g/mol. The van der Waals surface area contributed by atoms with Gasteiger partial charge in [0.2, 0.25) is 5.89 Å². The summed E-state index contributed by atoms with van der Waals surface area (Å²) < 4.78 is 11.5. The molecule has 1 atom stereocenters. The largest absolute Gasteiger partial charge is 0.492 e. The normalized spacial score (nSPS) is 14.4. The summed E-state index contributed by atoms with van der Waals surface area (Å²) in [5, 5.41) is 16.3. The van der Waals surface area contributed by atoms with Crippen LogP contribution in [0.3, 0.4) is 0 Å². The number of rotatable bonds is 13. The number of hydrogen-bond donors (Lipinski definition) is 3. The van der Waals surface area contributed by atoms with E-state index >= 15 is 0 Å².